The molecule has 1 atom stereocenters. The van der Waals surface area contributed by atoms with Gasteiger partial charge in [0.2, 0.25) is 5.91 Å². The molecule has 0 aliphatic carbocycles. The van der Waals surface area contributed by atoms with Crippen LogP contribution < -0.4 is 4.18 Å². The normalized spacial score (nSPS) is 12.7. The van der Waals surface area contributed by atoms with Crippen molar-refractivity contribution in [2.45, 2.75) is 66.0 Å². The summed E-state index contributed by atoms with van der Waals surface area (Å²) in [6.45, 7) is 8.15. The van der Waals surface area contributed by atoms with Gasteiger partial charge in [0, 0.05) is 19.0 Å². The van der Waals surface area contributed by atoms with Crippen molar-refractivity contribution in [1.29, 1.82) is 0 Å². The van der Waals surface area contributed by atoms with Crippen LogP contribution in [0.15, 0.2) is 24.3 Å². The van der Waals surface area contributed by atoms with E-state index in [2.05, 4.69) is 13.8 Å². The second kappa shape index (κ2) is 9.67. The Labute approximate surface area is 146 Å². The van der Waals surface area contributed by atoms with Crippen molar-refractivity contribution >= 4 is 16.0 Å². The Hall–Kier alpha value is -1.56. The molecular weight excluding hydrogens is 326 g/mol. The van der Waals surface area contributed by atoms with Crippen LogP contribution in [0.1, 0.15) is 58.9 Å². The lowest BCUT2D eigenvalue weighted by molar-refractivity contribution is -0.134. The topological polar surface area (TPSA) is 63.7 Å². The molecule has 1 aromatic rings. The molecule has 0 N–H and O–H groups in total. The monoisotopic (exact) mass is 355 g/mol. The second-order valence-electron chi connectivity index (χ2n) is 5.96. The zero-order chi connectivity index (χ0) is 18.2. The first kappa shape index (κ1) is 20.5. The smallest absolute Gasteiger partial charge is 0.308 e. The van der Waals surface area contributed by atoms with E-state index in [9.17, 15) is 13.2 Å². The van der Waals surface area contributed by atoms with Crippen molar-refractivity contribution in [2.75, 3.05) is 5.75 Å². The lowest BCUT2D eigenvalue weighted by Crippen LogP contribution is -2.37. The summed E-state index contributed by atoms with van der Waals surface area (Å²) in [4.78, 5) is 14.3. The van der Waals surface area contributed by atoms with Crippen LogP contribution in [0.25, 0.3) is 0 Å². The van der Waals surface area contributed by atoms with E-state index in [0.29, 0.717) is 18.7 Å². The number of hydrogen-bond acceptors (Lipinski definition) is 4. The first-order chi connectivity index (χ1) is 11.3. The molecule has 0 radical (unpaired) electrons. The Morgan fingerprint density at radius 2 is 1.96 bits per heavy atom. The average Bonchev–Trinajstić information content (AvgIpc) is 2.56. The molecule has 24 heavy (non-hydrogen) atoms. The Morgan fingerprint density at radius 1 is 1.25 bits per heavy atom. The molecule has 0 heterocycles. The Bertz CT molecular complexity index is 628. The van der Waals surface area contributed by atoms with Crippen molar-refractivity contribution in [3.63, 3.8) is 0 Å². The van der Waals surface area contributed by atoms with E-state index in [-0.39, 0.29) is 17.7 Å². The maximum Gasteiger partial charge on any atom is 0.308 e. The van der Waals surface area contributed by atoms with E-state index in [1.165, 1.54) is 6.92 Å². The lowest BCUT2D eigenvalue weighted by Gasteiger charge is -2.29. The minimum absolute atomic E-state index is 0.0777. The highest BCUT2D eigenvalue weighted by Crippen LogP contribution is 2.19. The van der Waals surface area contributed by atoms with Gasteiger partial charge in [0.05, 0.1) is 5.75 Å². The summed E-state index contributed by atoms with van der Waals surface area (Å²) in [5.74, 6) is 0.351. The molecule has 1 aromatic carbocycles. The van der Waals surface area contributed by atoms with Gasteiger partial charge in [0.25, 0.3) is 0 Å². The number of unbranched alkanes of at least 4 members (excludes halogenated alkanes) is 1. The molecule has 5 nitrogen and oxygen atoms in total. The Kier molecular flexibility index (Phi) is 8.25. The molecular formula is C18H29NO4S. The zero-order valence-electron chi connectivity index (χ0n) is 15.1. The van der Waals surface area contributed by atoms with E-state index in [1.807, 2.05) is 17.9 Å². The van der Waals surface area contributed by atoms with Crippen LogP contribution in [0.2, 0.25) is 0 Å². The minimum atomic E-state index is -3.55. The van der Waals surface area contributed by atoms with Gasteiger partial charge < -0.3 is 9.08 Å². The summed E-state index contributed by atoms with van der Waals surface area (Å²) in [6, 6.07) is 7.08. The van der Waals surface area contributed by atoms with Gasteiger partial charge in [-0.2, -0.15) is 8.42 Å². The van der Waals surface area contributed by atoms with E-state index in [1.54, 1.807) is 18.2 Å². The summed E-state index contributed by atoms with van der Waals surface area (Å²) in [5, 5.41) is 0. The summed E-state index contributed by atoms with van der Waals surface area (Å²) in [5.41, 5.74) is 0.865. The number of carbonyl (C=O) groups excluding carboxylic acids is 1. The number of carbonyl (C=O) groups is 1. The first-order valence-electron chi connectivity index (χ1n) is 8.63. The fourth-order valence-electron chi connectivity index (χ4n) is 2.28. The highest BCUT2D eigenvalue weighted by molar-refractivity contribution is 7.87. The molecule has 0 bridgehead atoms. The van der Waals surface area contributed by atoms with E-state index in [0.717, 1.165) is 24.8 Å². The predicted octanol–water partition coefficient (Wildman–Crippen LogP) is 3.73. The van der Waals surface area contributed by atoms with Gasteiger partial charge in [-0.1, -0.05) is 32.4 Å². The van der Waals surface area contributed by atoms with Gasteiger partial charge in [-0.15, -0.1) is 0 Å². The molecule has 6 heteroatoms. The minimum Gasteiger partial charge on any atom is -0.382 e. The molecule has 0 unspecified atom stereocenters. The van der Waals surface area contributed by atoms with Crippen LogP contribution in [-0.2, 0) is 21.5 Å². The zero-order valence-corrected chi connectivity index (χ0v) is 15.9. The Morgan fingerprint density at radius 3 is 2.54 bits per heavy atom. The van der Waals surface area contributed by atoms with Gasteiger partial charge in [-0.3, -0.25) is 4.79 Å². The standard InChI is InChI=1S/C18H29NO4S/c1-5-8-12-18(20)19(15(4)6-2)14-16-10-9-11-17(13-16)23-24(21,22)7-3/h9-11,13,15H,5-8,12,14H2,1-4H3/t15-/m1/s1. The number of benzene rings is 1. The predicted molar refractivity (Wildman–Crippen MR) is 96.4 cm³/mol. The number of hydrogen-bond donors (Lipinski definition) is 0. The van der Waals surface area contributed by atoms with Crippen molar-refractivity contribution in [2.24, 2.45) is 0 Å². The van der Waals surface area contributed by atoms with E-state index >= 15 is 0 Å². The fraction of sp³-hybridized carbons (Fsp3) is 0.611. The highest BCUT2D eigenvalue weighted by atomic mass is 32.2. The molecule has 1 amide bonds. The van der Waals surface area contributed by atoms with Gasteiger partial charge in [-0.05, 0) is 44.4 Å². The highest BCUT2D eigenvalue weighted by Gasteiger charge is 2.19. The van der Waals surface area contributed by atoms with Crippen LogP contribution in [0.5, 0.6) is 5.75 Å². The molecule has 0 fully saturated rings. The largest absolute Gasteiger partial charge is 0.382 e. The average molecular weight is 356 g/mol. The van der Waals surface area contributed by atoms with Crippen molar-refractivity contribution in [3.05, 3.63) is 29.8 Å². The summed E-state index contributed by atoms with van der Waals surface area (Å²) < 4.78 is 28.2. The van der Waals surface area contributed by atoms with Gasteiger partial charge in [0.15, 0.2) is 0 Å². The van der Waals surface area contributed by atoms with Gasteiger partial charge >= 0.3 is 10.1 Å². The summed E-state index contributed by atoms with van der Waals surface area (Å²) >= 11 is 0. The Balaban J connectivity index is 2.92. The third-order valence-electron chi connectivity index (χ3n) is 4.02. The molecule has 0 aliphatic rings. The lowest BCUT2D eigenvalue weighted by atomic mass is 10.1. The van der Waals surface area contributed by atoms with Crippen molar-refractivity contribution < 1.29 is 17.4 Å². The van der Waals surface area contributed by atoms with Gasteiger partial charge in [0.1, 0.15) is 5.75 Å². The van der Waals surface area contributed by atoms with Crippen LogP contribution in [0, 0.1) is 0 Å². The molecule has 0 saturated heterocycles. The molecule has 0 aromatic heterocycles. The quantitative estimate of drug-likeness (QED) is 0.600. The molecule has 136 valence electrons. The SMILES string of the molecule is CCCCC(=O)N(Cc1cccc(OS(=O)(=O)CC)c1)[C@H](C)CC. The maximum atomic E-state index is 12.5. The van der Waals surface area contributed by atoms with Crippen LogP contribution in [0.3, 0.4) is 0 Å². The third kappa shape index (κ3) is 6.51. The number of nitrogens with zero attached hydrogens (tertiary/aromatic N) is 1. The summed E-state index contributed by atoms with van der Waals surface area (Å²) in [7, 11) is -3.55. The third-order valence-corrected chi connectivity index (χ3v) is 5.17. The van der Waals surface area contributed by atoms with Crippen molar-refractivity contribution in [3.8, 4) is 5.75 Å². The van der Waals surface area contributed by atoms with Crippen LogP contribution in [-0.4, -0.2) is 31.0 Å². The molecule has 0 spiro atoms. The van der Waals surface area contributed by atoms with Crippen molar-refractivity contribution in [1.82, 2.24) is 4.90 Å². The van der Waals surface area contributed by atoms with Crippen LogP contribution in [0.4, 0.5) is 0 Å². The number of amides is 1. The van der Waals surface area contributed by atoms with E-state index in [4.69, 9.17) is 4.18 Å². The fourth-order valence-corrected chi connectivity index (χ4v) is 2.79. The van der Waals surface area contributed by atoms with Gasteiger partial charge in [-0.25, -0.2) is 0 Å². The maximum absolute atomic E-state index is 12.5. The first-order valence-corrected chi connectivity index (χ1v) is 10.2. The van der Waals surface area contributed by atoms with E-state index < -0.39 is 10.1 Å². The second-order valence-corrected chi connectivity index (χ2v) is 7.82. The summed E-state index contributed by atoms with van der Waals surface area (Å²) in [6.07, 6.45) is 3.28. The molecule has 1 rings (SSSR count). The number of rotatable bonds is 10. The molecule has 0 aliphatic heterocycles. The van der Waals surface area contributed by atoms with Crippen LogP contribution >= 0.6 is 0 Å². The molecule has 0 saturated carbocycles.